The molecule has 1 unspecified atom stereocenters. The van der Waals surface area contributed by atoms with Crippen molar-refractivity contribution in [3.8, 4) is 5.75 Å². The number of nitrogens with one attached hydrogen (secondary N) is 1. The zero-order chi connectivity index (χ0) is 24.1. The third kappa shape index (κ3) is 5.82. The molecular formula is C30H41NO2. The lowest BCUT2D eigenvalue weighted by molar-refractivity contribution is 0.149. The Hall–Kier alpha value is -2.68. The predicted octanol–water partition coefficient (Wildman–Crippen LogP) is 7.33. The zero-order valence-corrected chi connectivity index (χ0v) is 21.7. The largest absolute Gasteiger partial charge is 0.491 e. The summed E-state index contributed by atoms with van der Waals surface area (Å²) in [4.78, 5) is 0. The number of aryl methyl sites for hydroxylation is 3. The second-order valence-corrected chi connectivity index (χ2v) is 9.61. The van der Waals surface area contributed by atoms with E-state index in [0.717, 1.165) is 41.2 Å². The van der Waals surface area contributed by atoms with Gasteiger partial charge in [0.15, 0.2) is 0 Å². The predicted molar refractivity (Wildman–Crippen MR) is 140 cm³/mol. The van der Waals surface area contributed by atoms with Gasteiger partial charge in [0.2, 0.25) is 0 Å². The van der Waals surface area contributed by atoms with Crippen molar-refractivity contribution in [3.63, 3.8) is 0 Å². The summed E-state index contributed by atoms with van der Waals surface area (Å²) in [7, 11) is 0. The van der Waals surface area contributed by atoms with E-state index in [0.29, 0.717) is 12.5 Å². The molecule has 1 N–H and O–H groups in total. The fraction of sp³-hybridized carbons (Fsp3) is 0.467. The van der Waals surface area contributed by atoms with E-state index in [9.17, 15) is 0 Å². The Morgan fingerprint density at radius 1 is 0.970 bits per heavy atom. The van der Waals surface area contributed by atoms with Crippen LogP contribution in [-0.4, -0.2) is 18.8 Å². The minimum absolute atomic E-state index is 0.0934. The molecule has 0 saturated carbocycles. The Morgan fingerprint density at radius 3 is 2.21 bits per heavy atom. The first-order valence-corrected chi connectivity index (χ1v) is 12.5. The Labute approximate surface area is 200 Å². The number of allylic oxidation sites excluding steroid dienone is 1. The van der Waals surface area contributed by atoms with Crippen molar-refractivity contribution >= 4 is 5.70 Å². The fourth-order valence-electron chi connectivity index (χ4n) is 4.38. The quantitative estimate of drug-likeness (QED) is 0.436. The van der Waals surface area contributed by atoms with Crippen LogP contribution in [0, 0.1) is 6.92 Å². The molecule has 0 spiro atoms. The maximum absolute atomic E-state index is 6.37. The van der Waals surface area contributed by atoms with Crippen LogP contribution in [0.25, 0.3) is 5.70 Å². The molecular weight excluding hydrogens is 406 g/mol. The van der Waals surface area contributed by atoms with E-state index in [-0.39, 0.29) is 12.1 Å². The maximum atomic E-state index is 6.37. The number of hydrogen-bond donors (Lipinski definition) is 1. The van der Waals surface area contributed by atoms with Gasteiger partial charge in [0.25, 0.3) is 0 Å². The molecule has 1 heterocycles. The Balaban J connectivity index is 2.00. The van der Waals surface area contributed by atoms with Crippen LogP contribution in [0.15, 0.2) is 53.8 Å². The SMILES string of the molecule is CCc1cccc(CC)c1C1=CC(OC(C)C)=C(COc2cc(C(C)C)ccc2C)C(C)N1. The van der Waals surface area contributed by atoms with E-state index in [1.54, 1.807) is 0 Å². The molecule has 1 aliphatic rings. The first kappa shape index (κ1) is 25.0. The van der Waals surface area contributed by atoms with Crippen LogP contribution < -0.4 is 10.1 Å². The zero-order valence-electron chi connectivity index (χ0n) is 21.7. The molecule has 3 heteroatoms. The van der Waals surface area contributed by atoms with Crippen molar-refractivity contribution in [3.05, 3.63) is 81.6 Å². The van der Waals surface area contributed by atoms with Gasteiger partial charge in [0, 0.05) is 22.9 Å². The van der Waals surface area contributed by atoms with Crippen LogP contribution in [0.4, 0.5) is 0 Å². The van der Waals surface area contributed by atoms with Crippen molar-refractivity contribution in [2.75, 3.05) is 6.61 Å². The molecule has 0 fully saturated rings. The highest BCUT2D eigenvalue weighted by Gasteiger charge is 2.25. The summed E-state index contributed by atoms with van der Waals surface area (Å²) in [5.74, 6) is 2.35. The fourth-order valence-corrected chi connectivity index (χ4v) is 4.38. The van der Waals surface area contributed by atoms with Gasteiger partial charge in [-0.05, 0) is 74.8 Å². The molecule has 3 nitrogen and oxygen atoms in total. The minimum atomic E-state index is 0.0934. The van der Waals surface area contributed by atoms with Gasteiger partial charge in [0.05, 0.1) is 12.1 Å². The van der Waals surface area contributed by atoms with Crippen molar-refractivity contribution < 1.29 is 9.47 Å². The van der Waals surface area contributed by atoms with Gasteiger partial charge in [-0.15, -0.1) is 0 Å². The topological polar surface area (TPSA) is 30.5 Å². The second kappa shape index (κ2) is 11.0. The maximum Gasteiger partial charge on any atom is 0.126 e. The van der Waals surface area contributed by atoms with Crippen LogP contribution in [-0.2, 0) is 17.6 Å². The van der Waals surface area contributed by atoms with Gasteiger partial charge >= 0.3 is 0 Å². The van der Waals surface area contributed by atoms with Crippen molar-refractivity contribution in [1.82, 2.24) is 5.32 Å². The molecule has 1 atom stereocenters. The number of ether oxygens (including phenoxy) is 2. The summed E-state index contributed by atoms with van der Waals surface area (Å²) >= 11 is 0. The molecule has 0 bridgehead atoms. The highest BCUT2D eigenvalue weighted by molar-refractivity contribution is 5.73. The van der Waals surface area contributed by atoms with E-state index >= 15 is 0 Å². The summed E-state index contributed by atoms with van der Waals surface area (Å²) in [6.45, 7) is 17.8. The van der Waals surface area contributed by atoms with Crippen molar-refractivity contribution in [2.45, 2.75) is 86.3 Å². The molecule has 33 heavy (non-hydrogen) atoms. The van der Waals surface area contributed by atoms with E-state index in [4.69, 9.17) is 9.47 Å². The number of benzene rings is 2. The third-order valence-electron chi connectivity index (χ3n) is 6.38. The summed E-state index contributed by atoms with van der Waals surface area (Å²) < 4.78 is 12.7. The summed E-state index contributed by atoms with van der Waals surface area (Å²) in [5.41, 5.74) is 8.80. The molecule has 178 valence electrons. The summed E-state index contributed by atoms with van der Waals surface area (Å²) in [6.07, 6.45) is 4.28. The van der Waals surface area contributed by atoms with Crippen LogP contribution >= 0.6 is 0 Å². The molecule has 0 aromatic heterocycles. The molecule has 0 aliphatic carbocycles. The van der Waals surface area contributed by atoms with Crippen LogP contribution in [0.3, 0.4) is 0 Å². The van der Waals surface area contributed by atoms with Gasteiger partial charge in [-0.25, -0.2) is 0 Å². The molecule has 3 rings (SSSR count). The van der Waals surface area contributed by atoms with E-state index in [1.165, 1.54) is 22.3 Å². The molecule has 0 saturated heterocycles. The lowest BCUT2D eigenvalue weighted by Gasteiger charge is -2.31. The van der Waals surface area contributed by atoms with Crippen molar-refractivity contribution in [2.24, 2.45) is 0 Å². The Morgan fingerprint density at radius 2 is 1.64 bits per heavy atom. The first-order chi connectivity index (χ1) is 15.7. The van der Waals surface area contributed by atoms with Gasteiger partial charge in [-0.3, -0.25) is 0 Å². The number of rotatable bonds is 9. The monoisotopic (exact) mass is 447 g/mol. The van der Waals surface area contributed by atoms with Gasteiger partial charge in [0.1, 0.15) is 18.1 Å². The molecule has 0 amide bonds. The average molecular weight is 448 g/mol. The lowest BCUT2D eigenvalue weighted by atomic mass is 9.91. The number of dihydropyridines is 1. The molecule has 0 radical (unpaired) electrons. The van der Waals surface area contributed by atoms with Crippen LogP contribution in [0.2, 0.25) is 0 Å². The van der Waals surface area contributed by atoms with E-state index in [1.807, 2.05) is 0 Å². The normalized spacial score (nSPS) is 16.2. The molecule has 1 aliphatic heterocycles. The van der Waals surface area contributed by atoms with Crippen molar-refractivity contribution in [1.29, 1.82) is 0 Å². The van der Waals surface area contributed by atoms with E-state index in [2.05, 4.69) is 103 Å². The van der Waals surface area contributed by atoms with E-state index < -0.39 is 0 Å². The van der Waals surface area contributed by atoms with Crippen LogP contribution in [0.1, 0.15) is 82.2 Å². The molecule has 2 aromatic carbocycles. The Bertz CT molecular complexity index is 1010. The highest BCUT2D eigenvalue weighted by Crippen LogP contribution is 2.32. The Kier molecular flexibility index (Phi) is 8.29. The number of hydrogen-bond acceptors (Lipinski definition) is 3. The highest BCUT2D eigenvalue weighted by atomic mass is 16.5. The summed E-state index contributed by atoms with van der Waals surface area (Å²) in [6, 6.07) is 13.3. The summed E-state index contributed by atoms with van der Waals surface area (Å²) in [5, 5.41) is 3.76. The minimum Gasteiger partial charge on any atom is -0.491 e. The van der Waals surface area contributed by atoms with Gasteiger partial charge in [-0.1, -0.05) is 58.0 Å². The van der Waals surface area contributed by atoms with Gasteiger partial charge in [-0.2, -0.15) is 0 Å². The lowest BCUT2D eigenvalue weighted by Crippen LogP contribution is -2.34. The standard InChI is InChI=1S/C30H41NO2/c1-9-23-12-11-13-24(10-2)30(23)27-17-29(33-20(5)6)26(22(8)31-27)18-32-28-16-25(19(3)4)15-14-21(28)7/h11-17,19-20,22,31H,9-10,18H2,1-8H3. The first-order valence-electron chi connectivity index (χ1n) is 12.5. The molecule has 2 aromatic rings. The average Bonchev–Trinajstić information content (AvgIpc) is 2.78. The van der Waals surface area contributed by atoms with Crippen LogP contribution in [0.5, 0.6) is 5.75 Å². The third-order valence-corrected chi connectivity index (χ3v) is 6.38. The second-order valence-electron chi connectivity index (χ2n) is 9.61. The van der Waals surface area contributed by atoms with Gasteiger partial charge < -0.3 is 14.8 Å². The smallest absolute Gasteiger partial charge is 0.126 e.